The molecule has 0 saturated heterocycles. The summed E-state index contributed by atoms with van der Waals surface area (Å²) in [4.78, 5) is 32.6. The number of hydrogen-bond donors (Lipinski definition) is 1. The number of aromatic nitrogens is 2. The van der Waals surface area contributed by atoms with Gasteiger partial charge in [-0.15, -0.1) is 11.3 Å². The quantitative estimate of drug-likeness (QED) is 0.459. The minimum atomic E-state index is -0.0216. The smallest absolute Gasteiger partial charge is 0.263 e. The van der Waals surface area contributed by atoms with Crippen molar-refractivity contribution in [2.45, 2.75) is 50.2 Å². The molecule has 1 amide bonds. The van der Waals surface area contributed by atoms with Gasteiger partial charge in [-0.2, -0.15) is 0 Å². The van der Waals surface area contributed by atoms with Gasteiger partial charge in [-0.1, -0.05) is 11.8 Å². The van der Waals surface area contributed by atoms with E-state index < -0.39 is 0 Å². The van der Waals surface area contributed by atoms with Crippen molar-refractivity contribution in [2.75, 3.05) is 12.3 Å². The molecule has 1 saturated carbocycles. The fourth-order valence-electron chi connectivity index (χ4n) is 3.79. The van der Waals surface area contributed by atoms with Gasteiger partial charge in [-0.25, -0.2) is 4.98 Å². The molecule has 0 aromatic carbocycles. The molecule has 3 aromatic heterocycles. The maximum atomic E-state index is 13.5. The summed E-state index contributed by atoms with van der Waals surface area (Å²) in [6, 6.07) is 3.67. The van der Waals surface area contributed by atoms with Crippen molar-refractivity contribution in [3.05, 3.63) is 45.0 Å². The normalized spacial score (nSPS) is 16.1. The van der Waals surface area contributed by atoms with E-state index in [0.29, 0.717) is 23.4 Å². The molecule has 3 aromatic rings. The highest BCUT2D eigenvalue weighted by Crippen LogP contribution is 2.35. The number of thioether (sulfide) groups is 1. The summed E-state index contributed by atoms with van der Waals surface area (Å²) < 4.78 is 7.15. The van der Waals surface area contributed by atoms with Gasteiger partial charge in [0.05, 0.1) is 23.9 Å². The van der Waals surface area contributed by atoms with E-state index in [2.05, 4.69) is 5.32 Å². The Hall–Kier alpha value is -2.06. The Kier molecular flexibility index (Phi) is 5.22. The SMILES string of the molecule is O=C(CSc1nc2sc3c(c2c(=O)n1Cc1ccco1)CCCC3)NCC1CC1. The molecule has 0 aliphatic heterocycles. The van der Waals surface area contributed by atoms with E-state index in [1.165, 1.54) is 41.5 Å². The van der Waals surface area contributed by atoms with Crippen molar-refractivity contribution in [1.29, 1.82) is 0 Å². The van der Waals surface area contributed by atoms with Gasteiger partial charge in [-0.05, 0) is 62.1 Å². The minimum Gasteiger partial charge on any atom is -0.467 e. The third-order valence-corrected chi connectivity index (χ3v) is 7.71. The molecule has 6 nitrogen and oxygen atoms in total. The molecule has 3 heterocycles. The lowest BCUT2D eigenvalue weighted by atomic mass is 9.97. The van der Waals surface area contributed by atoms with Crippen molar-refractivity contribution < 1.29 is 9.21 Å². The Bertz CT molecular complexity index is 1100. The minimum absolute atomic E-state index is 0.00808. The first-order chi connectivity index (χ1) is 14.2. The highest BCUT2D eigenvalue weighted by molar-refractivity contribution is 7.99. The average Bonchev–Trinajstić information content (AvgIpc) is 3.27. The monoisotopic (exact) mass is 429 g/mol. The summed E-state index contributed by atoms with van der Waals surface area (Å²) in [6.45, 7) is 1.08. The highest BCUT2D eigenvalue weighted by Gasteiger charge is 2.24. The van der Waals surface area contributed by atoms with Crippen LogP contribution in [0.15, 0.2) is 32.8 Å². The van der Waals surface area contributed by atoms with Gasteiger partial charge in [0.15, 0.2) is 5.16 Å². The zero-order chi connectivity index (χ0) is 19.8. The van der Waals surface area contributed by atoms with E-state index in [9.17, 15) is 9.59 Å². The number of hydrogen-bond acceptors (Lipinski definition) is 6. The first kappa shape index (κ1) is 18.9. The predicted molar refractivity (Wildman–Crippen MR) is 115 cm³/mol. The number of aryl methyl sites for hydroxylation is 2. The number of amides is 1. The molecule has 29 heavy (non-hydrogen) atoms. The zero-order valence-corrected chi connectivity index (χ0v) is 17.7. The van der Waals surface area contributed by atoms with E-state index in [4.69, 9.17) is 9.40 Å². The molecule has 2 aliphatic rings. The van der Waals surface area contributed by atoms with Crippen LogP contribution in [0, 0.1) is 5.92 Å². The van der Waals surface area contributed by atoms with E-state index >= 15 is 0 Å². The van der Waals surface area contributed by atoms with Crippen LogP contribution in [0.4, 0.5) is 0 Å². The second-order valence-electron chi connectivity index (χ2n) is 7.79. The molecule has 0 radical (unpaired) electrons. The fraction of sp³-hybridized carbons (Fsp3) is 0.476. The van der Waals surface area contributed by atoms with Crippen molar-refractivity contribution in [3.8, 4) is 0 Å². The molecule has 0 bridgehead atoms. The van der Waals surface area contributed by atoms with Crippen molar-refractivity contribution in [1.82, 2.24) is 14.9 Å². The lowest BCUT2D eigenvalue weighted by molar-refractivity contribution is -0.118. The molecule has 2 aliphatic carbocycles. The number of furan rings is 1. The Balaban J connectivity index is 1.48. The summed E-state index contributed by atoms with van der Waals surface area (Å²) in [5.74, 6) is 1.60. The molecular weight excluding hydrogens is 406 g/mol. The molecule has 0 spiro atoms. The Morgan fingerprint density at radius 2 is 2.21 bits per heavy atom. The van der Waals surface area contributed by atoms with Crippen LogP contribution in [0.5, 0.6) is 0 Å². The highest BCUT2D eigenvalue weighted by atomic mass is 32.2. The van der Waals surface area contributed by atoms with Crippen LogP contribution in [-0.4, -0.2) is 27.8 Å². The van der Waals surface area contributed by atoms with Crippen molar-refractivity contribution in [3.63, 3.8) is 0 Å². The number of nitrogens with one attached hydrogen (secondary N) is 1. The van der Waals surface area contributed by atoms with Crippen LogP contribution in [0.25, 0.3) is 10.2 Å². The Morgan fingerprint density at radius 1 is 1.34 bits per heavy atom. The van der Waals surface area contributed by atoms with Gasteiger partial charge in [0.25, 0.3) is 5.56 Å². The fourth-order valence-corrected chi connectivity index (χ4v) is 5.92. The summed E-state index contributed by atoms with van der Waals surface area (Å²) in [6.07, 6.45) is 8.28. The number of nitrogens with zero attached hydrogens (tertiary/aromatic N) is 2. The number of thiophene rings is 1. The van der Waals surface area contributed by atoms with Gasteiger partial charge in [0.2, 0.25) is 5.91 Å². The topological polar surface area (TPSA) is 77.1 Å². The zero-order valence-electron chi connectivity index (χ0n) is 16.1. The Labute approximate surface area is 176 Å². The third kappa shape index (κ3) is 4.00. The first-order valence-electron chi connectivity index (χ1n) is 10.2. The van der Waals surface area contributed by atoms with Gasteiger partial charge in [-0.3, -0.25) is 14.2 Å². The summed E-state index contributed by atoms with van der Waals surface area (Å²) in [5.41, 5.74) is 1.16. The standard InChI is InChI=1S/C21H23N3O3S2/c25-17(22-10-13-7-8-13)12-28-21-23-19-18(15-5-1-2-6-16(15)29-19)20(26)24(21)11-14-4-3-9-27-14/h3-4,9,13H,1-2,5-8,10-12H2,(H,22,25). The van der Waals surface area contributed by atoms with Gasteiger partial charge >= 0.3 is 0 Å². The summed E-state index contributed by atoms with van der Waals surface area (Å²) in [7, 11) is 0. The maximum Gasteiger partial charge on any atom is 0.263 e. The van der Waals surface area contributed by atoms with E-state index in [1.807, 2.05) is 12.1 Å². The van der Waals surface area contributed by atoms with Crippen LogP contribution in [-0.2, 0) is 24.2 Å². The average molecular weight is 430 g/mol. The van der Waals surface area contributed by atoms with E-state index in [0.717, 1.165) is 36.0 Å². The van der Waals surface area contributed by atoms with Crippen LogP contribution >= 0.6 is 23.1 Å². The second kappa shape index (κ2) is 7.99. The molecule has 1 fully saturated rings. The first-order valence-corrected chi connectivity index (χ1v) is 12.0. The molecule has 8 heteroatoms. The predicted octanol–water partition coefficient (Wildman–Crippen LogP) is 3.60. The number of fused-ring (bicyclic) bond motifs is 3. The molecule has 5 rings (SSSR count). The number of carbonyl (C=O) groups excluding carboxylic acids is 1. The number of carbonyl (C=O) groups is 1. The third-order valence-electron chi connectivity index (χ3n) is 5.55. The molecule has 1 N–H and O–H groups in total. The lowest BCUT2D eigenvalue weighted by Crippen LogP contribution is -2.28. The van der Waals surface area contributed by atoms with Crippen LogP contribution in [0.3, 0.4) is 0 Å². The lowest BCUT2D eigenvalue weighted by Gasteiger charge is -2.13. The van der Waals surface area contributed by atoms with Crippen LogP contribution < -0.4 is 10.9 Å². The second-order valence-corrected chi connectivity index (χ2v) is 9.82. The largest absolute Gasteiger partial charge is 0.467 e. The molecule has 152 valence electrons. The van der Waals surface area contributed by atoms with Gasteiger partial charge in [0, 0.05) is 11.4 Å². The Morgan fingerprint density at radius 3 is 3.00 bits per heavy atom. The van der Waals surface area contributed by atoms with Crippen LogP contribution in [0.2, 0.25) is 0 Å². The summed E-state index contributed by atoms with van der Waals surface area (Å²) in [5, 5.41) is 4.33. The van der Waals surface area contributed by atoms with E-state index in [-0.39, 0.29) is 17.2 Å². The molecule has 0 unspecified atom stereocenters. The van der Waals surface area contributed by atoms with Crippen molar-refractivity contribution in [2.24, 2.45) is 5.92 Å². The van der Waals surface area contributed by atoms with Gasteiger partial charge in [0.1, 0.15) is 10.6 Å². The van der Waals surface area contributed by atoms with Crippen LogP contribution in [0.1, 0.15) is 41.9 Å². The number of rotatable bonds is 7. The van der Waals surface area contributed by atoms with E-state index in [1.54, 1.807) is 22.2 Å². The summed E-state index contributed by atoms with van der Waals surface area (Å²) >= 11 is 2.97. The molecular formula is C21H23N3O3S2. The van der Waals surface area contributed by atoms with Gasteiger partial charge < -0.3 is 9.73 Å². The van der Waals surface area contributed by atoms with Crippen molar-refractivity contribution >= 4 is 39.2 Å². The maximum absolute atomic E-state index is 13.5. The molecule has 0 atom stereocenters.